The number of aromatic amines is 2. The van der Waals surface area contributed by atoms with Crippen molar-refractivity contribution in [1.29, 1.82) is 0 Å². The summed E-state index contributed by atoms with van der Waals surface area (Å²) in [5.41, 5.74) is 0.396. The maximum absolute atomic E-state index is 12.3. The number of H-pyrrole nitrogens is 2. The van der Waals surface area contributed by atoms with E-state index in [1.165, 1.54) is 25.0 Å². The molecule has 41 heavy (non-hydrogen) atoms. The van der Waals surface area contributed by atoms with Gasteiger partial charge in [0.1, 0.15) is 0 Å². The minimum absolute atomic E-state index is 0.114. The van der Waals surface area contributed by atoms with Crippen molar-refractivity contribution < 1.29 is 14.1 Å². The second-order valence-corrected chi connectivity index (χ2v) is 10.9. The Bertz CT molecular complexity index is 1150. The van der Waals surface area contributed by atoms with Crippen LogP contribution in [0, 0.1) is 13.8 Å². The van der Waals surface area contributed by atoms with Gasteiger partial charge in [-0.25, -0.2) is 19.6 Å². The highest BCUT2D eigenvalue weighted by Crippen LogP contribution is 2.11. The average molecular weight is 576 g/mol. The van der Waals surface area contributed by atoms with Crippen molar-refractivity contribution in [3.63, 3.8) is 0 Å². The smallest absolute Gasteiger partial charge is 0.321 e. The molecule has 2 heterocycles. The van der Waals surface area contributed by atoms with Crippen LogP contribution in [0.15, 0.2) is 21.7 Å². The lowest BCUT2D eigenvalue weighted by Crippen LogP contribution is -2.48. The van der Waals surface area contributed by atoms with Crippen LogP contribution < -0.4 is 32.4 Å². The van der Waals surface area contributed by atoms with Crippen molar-refractivity contribution in [1.82, 2.24) is 35.5 Å². The molecule has 0 aliphatic heterocycles. The monoisotopic (exact) mass is 575 g/mol. The number of quaternary nitrogens is 1. The number of carbonyl (C=O) groups is 2. The van der Waals surface area contributed by atoms with E-state index >= 15 is 0 Å². The van der Waals surface area contributed by atoms with Gasteiger partial charge in [-0.15, -0.1) is 0 Å². The maximum atomic E-state index is 12.3. The first kappa shape index (κ1) is 33.4. The third kappa shape index (κ3) is 14.4. The minimum atomic E-state index is -0.423. The zero-order valence-corrected chi connectivity index (χ0v) is 25.1. The van der Waals surface area contributed by atoms with Crippen molar-refractivity contribution in [2.75, 3.05) is 71.0 Å². The van der Waals surface area contributed by atoms with E-state index in [0.717, 1.165) is 56.3 Å². The molecular weight excluding hydrogens is 528 g/mol. The Morgan fingerprint density at radius 3 is 1.63 bits per heavy atom. The molecule has 14 nitrogen and oxygen atoms in total. The van der Waals surface area contributed by atoms with Gasteiger partial charge >= 0.3 is 12.1 Å². The molecule has 14 heteroatoms. The summed E-state index contributed by atoms with van der Waals surface area (Å²) >= 11 is 0. The van der Waals surface area contributed by atoms with E-state index in [1.807, 2.05) is 0 Å². The lowest BCUT2D eigenvalue weighted by Gasteiger charge is -2.35. The Balaban J connectivity index is 1.80. The van der Waals surface area contributed by atoms with Crippen molar-refractivity contribution in [3.05, 3.63) is 44.2 Å². The second-order valence-electron chi connectivity index (χ2n) is 10.9. The Hall–Kier alpha value is -3.78. The topological polar surface area (TPSA) is 177 Å². The average Bonchev–Trinajstić information content (AvgIpc) is 2.85. The van der Waals surface area contributed by atoms with Gasteiger partial charge in [-0.05, 0) is 53.8 Å². The molecular formula is C27H47N10O4+. The lowest BCUT2D eigenvalue weighted by atomic mass is 10.1. The normalized spacial score (nSPS) is 11.4. The summed E-state index contributed by atoms with van der Waals surface area (Å²) in [5.74, 6) is 0.229. The molecule has 0 unspecified atom stereocenters. The number of anilines is 2. The Labute approximate surface area is 241 Å². The zero-order valence-electron chi connectivity index (χ0n) is 25.1. The van der Waals surface area contributed by atoms with Gasteiger partial charge in [-0.3, -0.25) is 30.2 Å². The molecule has 0 radical (unpaired) electrons. The van der Waals surface area contributed by atoms with Gasteiger partial charge in [0, 0.05) is 49.5 Å². The molecule has 0 bridgehead atoms. The summed E-state index contributed by atoms with van der Waals surface area (Å²) in [4.78, 5) is 63.1. The van der Waals surface area contributed by atoms with Gasteiger partial charge in [-0.2, -0.15) is 0 Å². The zero-order chi connectivity index (χ0) is 30.3. The fourth-order valence-electron chi connectivity index (χ4n) is 4.52. The van der Waals surface area contributed by atoms with Crippen molar-refractivity contribution in [3.8, 4) is 0 Å². The third-order valence-electron chi connectivity index (χ3n) is 6.58. The van der Waals surface area contributed by atoms with Crippen LogP contribution in [0.4, 0.5) is 21.5 Å². The summed E-state index contributed by atoms with van der Waals surface area (Å²) in [6.45, 7) is 8.13. The van der Waals surface area contributed by atoms with Crippen molar-refractivity contribution in [2.24, 2.45) is 0 Å². The number of nitrogens with one attached hydrogen (secondary N) is 6. The number of aromatic nitrogens is 4. The molecule has 2 aromatic rings. The molecule has 228 valence electrons. The molecule has 4 amide bonds. The maximum Gasteiger partial charge on any atom is 0.321 e. The first-order chi connectivity index (χ1) is 19.4. The molecule has 0 aromatic carbocycles. The van der Waals surface area contributed by atoms with E-state index in [-0.39, 0.29) is 23.0 Å². The molecule has 2 aromatic heterocycles. The van der Waals surface area contributed by atoms with Crippen LogP contribution in [0.25, 0.3) is 0 Å². The number of aryl methyl sites for hydroxylation is 2. The molecule has 0 aliphatic carbocycles. The number of carbonyl (C=O) groups excluding carboxylic acids is 2. The minimum Gasteiger partial charge on any atom is -0.338 e. The van der Waals surface area contributed by atoms with E-state index in [2.05, 4.69) is 67.2 Å². The first-order valence-electron chi connectivity index (χ1n) is 14.2. The van der Waals surface area contributed by atoms with Gasteiger partial charge in [0.2, 0.25) is 11.9 Å². The number of rotatable bonds is 17. The third-order valence-corrected chi connectivity index (χ3v) is 6.58. The van der Waals surface area contributed by atoms with Crippen LogP contribution >= 0.6 is 0 Å². The summed E-state index contributed by atoms with van der Waals surface area (Å²) in [6.07, 6.45) is 6.16. The van der Waals surface area contributed by atoms with Gasteiger partial charge in [-0.1, -0.05) is 6.42 Å². The molecule has 0 aliphatic rings. The number of hydrogen-bond donors (Lipinski definition) is 6. The summed E-state index contributed by atoms with van der Waals surface area (Å²) in [6, 6.07) is 1.87. The van der Waals surface area contributed by atoms with E-state index in [9.17, 15) is 19.2 Å². The van der Waals surface area contributed by atoms with Gasteiger partial charge in [0.05, 0.1) is 26.7 Å². The van der Waals surface area contributed by atoms with Crippen LogP contribution in [0.2, 0.25) is 0 Å². The SMILES string of the molecule is Cc1cc(=O)[nH]c(NC(=O)NCCC[N+](C)(CCCCCCN(C)C)CCCNC(=O)Nc2nc(C)cc(=O)[nH]2)n1. The van der Waals surface area contributed by atoms with Crippen LogP contribution in [0.1, 0.15) is 49.9 Å². The predicted molar refractivity (Wildman–Crippen MR) is 160 cm³/mol. The standard InChI is InChI=1S/C27H46N10O4/c1-20-18-22(38)32-24(30-20)34-26(40)28-12-10-16-37(5,15-9-7-6-8-14-36(3)4)17-11-13-29-27(41)35-25-31-21(2)19-23(39)33-25/h18-19H,6-17H2,1-5H3,(H5-,28,29,30,31,32,33,34,35,38,39,40,41)/p+1. The number of hydrogen-bond acceptors (Lipinski definition) is 7. The Morgan fingerprint density at radius 1 is 0.756 bits per heavy atom. The quantitative estimate of drug-likeness (QED) is 0.123. The van der Waals surface area contributed by atoms with E-state index in [0.29, 0.717) is 24.5 Å². The summed E-state index contributed by atoms with van der Waals surface area (Å²) in [5, 5.41) is 10.8. The molecule has 0 atom stereocenters. The number of unbranched alkanes of at least 4 members (excludes halogenated alkanes) is 3. The summed E-state index contributed by atoms with van der Waals surface area (Å²) in [7, 11) is 6.39. The predicted octanol–water partition coefficient (Wildman–Crippen LogP) is 1.76. The molecule has 0 saturated heterocycles. The van der Waals surface area contributed by atoms with E-state index in [1.54, 1.807) is 13.8 Å². The van der Waals surface area contributed by atoms with Crippen molar-refractivity contribution in [2.45, 2.75) is 52.4 Å². The fourth-order valence-corrected chi connectivity index (χ4v) is 4.52. The van der Waals surface area contributed by atoms with Gasteiger partial charge in [0.15, 0.2) is 0 Å². The van der Waals surface area contributed by atoms with Gasteiger partial charge in [0.25, 0.3) is 11.1 Å². The first-order valence-corrected chi connectivity index (χ1v) is 14.2. The largest absolute Gasteiger partial charge is 0.338 e. The lowest BCUT2D eigenvalue weighted by molar-refractivity contribution is -0.910. The Kier molecular flexibility index (Phi) is 14.0. The van der Waals surface area contributed by atoms with E-state index in [4.69, 9.17) is 0 Å². The molecule has 2 rings (SSSR count). The van der Waals surface area contributed by atoms with Crippen molar-refractivity contribution >= 4 is 24.0 Å². The van der Waals surface area contributed by atoms with Crippen LogP contribution in [0.5, 0.6) is 0 Å². The van der Waals surface area contributed by atoms with Crippen LogP contribution in [-0.2, 0) is 0 Å². The summed E-state index contributed by atoms with van der Waals surface area (Å²) < 4.78 is 0.819. The highest BCUT2D eigenvalue weighted by atomic mass is 16.2. The molecule has 6 N–H and O–H groups in total. The molecule has 0 fully saturated rings. The molecule has 0 spiro atoms. The fraction of sp³-hybridized carbons (Fsp3) is 0.630. The van der Waals surface area contributed by atoms with Crippen LogP contribution in [-0.4, -0.2) is 102 Å². The highest BCUT2D eigenvalue weighted by molar-refractivity contribution is 5.87. The number of nitrogens with zero attached hydrogens (tertiary/aromatic N) is 4. The second kappa shape index (κ2) is 17.1. The Morgan fingerprint density at radius 2 is 1.20 bits per heavy atom. The molecule has 0 saturated carbocycles. The highest BCUT2D eigenvalue weighted by Gasteiger charge is 2.21. The van der Waals surface area contributed by atoms with Gasteiger partial charge < -0.3 is 20.0 Å². The number of amides is 4. The van der Waals surface area contributed by atoms with E-state index < -0.39 is 12.1 Å². The number of urea groups is 2. The van der Waals surface area contributed by atoms with Crippen LogP contribution in [0.3, 0.4) is 0 Å².